The number of phenols is 1. The van der Waals surface area contributed by atoms with Gasteiger partial charge in [-0.25, -0.2) is 15.0 Å². The lowest BCUT2D eigenvalue weighted by Gasteiger charge is -2.41. The summed E-state index contributed by atoms with van der Waals surface area (Å²) in [5, 5.41) is 11.1. The summed E-state index contributed by atoms with van der Waals surface area (Å²) in [7, 11) is 0. The van der Waals surface area contributed by atoms with Gasteiger partial charge in [-0.1, -0.05) is 35.5 Å². The van der Waals surface area contributed by atoms with Crippen LogP contribution in [0.4, 0.5) is 5.82 Å². The maximum Gasteiger partial charge on any atom is 0.263 e. The van der Waals surface area contributed by atoms with Crippen molar-refractivity contribution < 1.29 is 9.84 Å². The molecule has 11 heteroatoms. The third-order valence-corrected chi connectivity index (χ3v) is 9.03. The van der Waals surface area contributed by atoms with Gasteiger partial charge in [0, 0.05) is 29.4 Å². The van der Waals surface area contributed by atoms with E-state index >= 15 is 0 Å². The van der Waals surface area contributed by atoms with Gasteiger partial charge in [0.15, 0.2) is 0 Å². The van der Waals surface area contributed by atoms with E-state index < -0.39 is 0 Å². The summed E-state index contributed by atoms with van der Waals surface area (Å²) >= 11 is 8.08. The third kappa shape index (κ3) is 4.73. The van der Waals surface area contributed by atoms with Gasteiger partial charge >= 0.3 is 0 Å². The summed E-state index contributed by atoms with van der Waals surface area (Å²) in [6, 6.07) is 10.5. The molecule has 1 atom stereocenters. The number of ether oxygens (including phenoxy) is 1. The van der Waals surface area contributed by atoms with Crippen molar-refractivity contribution in [3.8, 4) is 5.75 Å². The lowest BCUT2D eigenvalue weighted by atomic mass is 9.75. The predicted molar refractivity (Wildman–Crippen MR) is 147 cm³/mol. The Morgan fingerprint density at radius 1 is 1.16 bits per heavy atom. The van der Waals surface area contributed by atoms with Crippen LogP contribution in [0.2, 0.25) is 5.02 Å². The number of piperidine rings is 1. The summed E-state index contributed by atoms with van der Waals surface area (Å²) in [5.41, 5.74) is 7.45. The fraction of sp³-hybridized carbons (Fsp3) is 0.333. The second-order valence-corrected chi connectivity index (χ2v) is 11.3. The highest BCUT2D eigenvalue weighted by Gasteiger charge is 2.44. The van der Waals surface area contributed by atoms with Crippen LogP contribution in [-0.2, 0) is 11.3 Å². The number of aromatic nitrogens is 4. The van der Waals surface area contributed by atoms with Crippen molar-refractivity contribution in [3.63, 3.8) is 0 Å². The molecule has 9 nitrogen and oxygen atoms in total. The minimum Gasteiger partial charge on any atom is -0.508 e. The van der Waals surface area contributed by atoms with Gasteiger partial charge in [0.1, 0.15) is 16.6 Å². The SMILES string of the molecule is N[C@@H]1COCC12CCN(c1cnc(Sc3ccc4ncn(Cc5cccc(O)c5)c(=O)c4c3Cl)cn1)CC2. The second-order valence-electron chi connectivity index (χ2n) is 9.91. The predicted octanol–water partition coefficient (Wildman–Crippen LogP) is 3.69. The van der Waals surface area contributed by atoms with Gasteiger partial charge in [-0.3, -0.25) is 9.36 Å². The highest BCUT2D eigenvalue weighted by molar-refractivity contribution is 7.99. The molecule has 0 radical (unpaired) electrons. The minimum atomic E-state index is -0.248. The first-order valence-electron chi connectivity index (χ1n) is 12.5. The average Bonchev–Trinajstić information content (AvgIpc) is 3.27. The fourth-order valence-electron chi connectivity index (χ4n) is 5.24. The van der Waals surface area contributed by atoms with Crippen LogP contribution < -0.4 is 16.2 Å². The standard InChI is InChI=1S/C27H27ClN6O3S/c28-25-20(5-4-19-24(25)26(36)34(16-32-19)13-17-2-1-3-18(35)10-17)38-23-12-30-22(11-31-23)33-8-6-27(7-9-33)15-37-14-21(27)29/h1-5,10-12,16,21,35H,6-9,13-15,29H2/t21-/m1/s1. The Bertz CT molecular complexity index is 1540. The number of nitrogens with two attached hydrogens (primary N) is 1. The van der Waals surface area contributed by atoms with E-state index in [-0.39, 0.29) is 29.3 Å². The summed E-state index contributed by atoms with van der Waals surface area (Å²) in [5.74, 6) is 0.977. The lowest BCUT2D eigenvalue weighted by molar-refractivity contribution is 0.131. The molecule has 38 heavy (non-hydrogen) atoms. The number of benzene rings is 2. The van der Waals surface area contributed by atoms with E-state index in [2.05, 4.69) is 19.9 Å². The highest BCUT2D eigenvalue weighted by atomic mass is 35.5. The van der Waals surface area contributed by atoms with Crippen molar-refractivity contribution in [1.29, 1.82) is 0 Å². The minimum absolute atomic E-state index is 0.0862. The monoisotopic (exact) mass is 550 g/mol. The zero-order valence-electron chi connectivity index (χ0n) is 20.6. The van der Waals surface area contributed by atoms with E-state index in [9.17, 15) is 9.90 Å². The van der Waals surface area contributed by atoms with Gasteiger partial charge in [-0.05, 0) is 42.7 Å². The number of rotatable bonds is 5. The lowest BCUT2D eigenvalue weighted by Crippen LogP contribution is -2.49. The molecule has 2 aromatic carbocycles. The Labute approximate surface area is 228 Å². The van der Waals surface area contributed by atoms with Crippen molar-refractivity contribution in [2.45, 2.75) is 35.3 Å². The molecule has 2 fully saturated rings. The molecule has 196 valence electrons. The first-order chi connectivity index (χ1) is 18.4. The van der Waals surface area contributed by atoms with E-state index in [0.717, 1.165) is 43.9 Å². The van der Waals surface area contributed by atoms with Crippen LogP contribution in [-0.4, -0.2) is 57.0 Å². The number of anilines is 1. The Morgan fingerprint density at radius 3 is 2.71 bits per heavy atom. The molecule has 4 aromatic rings. The molecule has 3 N–H and O–H groups in total. The summed E-state index contributed by atoms with van der Waals surface area (Å²) < 4.78 is 7.11. The van der Waals surface area contributed by atoms with Crippen molar-refractivity contribution in [2.75, 3.05) is 31.2 Å². The van der Waals surface area contributed by atoms with Crippen molar-refractivity contribution in [3.05, 3.63) is 76.1 Å². The summed E-state index contributed by atoms with van der Waals surface area (Å²) in [6.45, 7) is 3.40. The van der Waals surface area contributed by atoms with E-state index in [1.165, 1.54) is 22.7 Å². The number of nitrogens with zero attached hydrogens (tertiary/aromatic N) is 5. The van der Waals surface area contributed by atoms with E-state index in [1.807, 2.05) is 12.1 Å². The number of phenolic OH excluding ortho intramolecular Hbond substituents is 1. The maximum atomic E-state index is 13.3. The van der Waals surface area contributed by atoms with Crippen LogP contribution in [0.5, 0.6) is 5.75 Å². The quantitative estimate of drug-likeness (QED) is 0.383. The number of hydrogen-bond acceptors (Lipinski definition) is 9. The smallest absolute Gasteiger partial charge is 0.263 e. The zero-order chi connectivity index (χ0) is 26.3. The number of halogens is 1. The molecule has 0 saturated carbocycles. The van der Waals surface area contributed by atoms with Crippen LogP contribution in [0.3, 0.4) is 0 Å². The molecular formula is C27H27ClN6O3S. The Balaban J connectivity index is 1.19. The van der Waals surface area contributed by atoms with Gasteiger partial charge in [-0.15, -0.1) is 0 Å². The molecule has 0 amide bonds. The Hall–Kier alpha value is -3.18. The molecule has 0 aliphatic carbocycles. The van der Waals surface area contributed by atoms with Crippen molar-refractivity contribution in [1.82, 2.24) is 19.5 Å². The Morgan fingerprint density at radius 2 is 2.00 bits per heavy atom. The molecule has 6 rings (SSSR count). The third-order valence-electron chi connectivity index (χ3n) is 7.54. The molecule has 1 spiro atoms. The molecule has 2 aromatic heterocycles. The van der Waals surface area contributed by atoms with Crippen LogP contribution >= 0.6 is 23.4 Å². The first-order valence-corrected chi connectivity index (χ1v) is 13.7. The second kappa shape index (κ2) is 10.2. The van der Waals surface area contributed by atoms with Crippen LogP contribution in [0, 0.1) is 5.41 Å². The van der Waals surface area contributed by atoms with E-state index in [1.54, 1.807) is 36.7 Å². The molecule has 0 bridgehead atoms. The molecule has 4 heterocycles. The van der Waals surface area contributed by atoms with Gasteiger partial charge in [-0.2, -0.15) is 0 Å². The van der Waals surface area contributed by atoms with Crippen molar-refractivity contribution in [2.24, 2.45) is 11.1 Å². The number of fused-ring (bicyclic) bond motifs is 1. The van der Waals surface area contributed by atoms with Crippen LogP contribution in [0.15, 0.2) is 69.8 Å². The Kier molecular flexibility index (Phi) is 6.73. The van der Waals surface area contributed by atoms with E-state index in [4.69, 9.17) is 22.1 Å². The van der Waals surface area contributed by atoms with Gasteiger partial charge in [0.2, 0.25) is 0 Å². The van der Waals surface area contributed by atoms with E-state index in [0.29, 0.717) is 32.5 Å². The van der Waals surface area contributed by atoms with Gasteiger partial charge < -0.3 is 20.5 Å². The largest absolute Gasteiger partial charge is 0.508 e. The normalized spacial score (nSPS) is 18.9. The van der Waals surface area contributed by atoms with Crippen LogP contribution in [0.25, 0.3) is 10.9 Å². The molecule has 2 aliphatic heterocycles. The first kappa shape index (κ1) is 25.1. The van der Waals surface area contributed by atoms with Gasteiger partial charge in [0.05, 0.1) is 54.4 Å². The maximum absolute atomic E-state index is 13.3. The highest BCUT2D eigenvalue weighted by Crippen LogP contribution is 2.40. The molecular weight excluding hydrogens is 524 g/mol. The zero-order valence-corrected chi connectivity index (χ0v) is 22.2. The molecule has 2 saturated heterocycles. The molecule has 0 unspecified atom stereocenters. The number of aromatic hydroxyl groups is 1. The molecule has 2 aliphatic rings. The average molecular weight is 551 g/mol. The summed E-state index contributed by atoms with van der Waals surface area (Å²) in [6.07, 6.45) is 6.98. The van der Waals surface area contributed by atoms with Gasteiger partial charge in [0.25, 0.3) is 5.56 Å². The van der Waals surface area contributed by atoms with Crippen molar-refractivity contribution >= 4 is 40.1 Å². The van der Waals surface area contributed by atoms with Crippen LogP contribution in [0.1, 0.15) is 18.4 Å². The summed E-state index contributed by atoms with van der Waals surface area (Å²) in [4.78, 5) is 29.9. The topological polar surface area (TPSA) is 119 Å². The fourth-order valence-corrected chi connectivity index (χ4v) is 6.36. The number of hydrogen-bond donors (Lipinski definition) is 2.